The highest BCUT2D eigenvalue weighted by Crippen LogP contribution is 2.35. The molecule has 3 aromatic carbocycles. The van der Waals surface area contributed by atoms with E-state index in [1.807, 2.05) is 0 Å². The van der Waals surface area contributed by atoms with Gasteiger partial charge in [-0.15, -0.1) is 0 Å². The number of nitrogens with zero attached hydrogens (tertiary/aromatic N) is 4. The van der Waals surface area contributed by atoms with E-state index in [1.165, 1.54) is 36.7 Å². The molecular formula is C41H38N6O15. The van der Waals surface area contributed by atoms with Crippen LogP contribution in [0.2, 0.25) is 0 Å². The minimum Gasteiger partial charge on any atom is -0.459 e. The van der Waals surface area contributed by atoms with Gasteiger partial charge in [-0.3, -0.25) is 28.3 Å². The number of hydrogen-bond acceptors (Lipinski definition) is 17. The highest BCUT2D eigenvalue weighted by atomic mass is 16.7. The summed E-state index contributed by atoms with van der Waals surface area (Å²) in [6.45, 7) is -0.962. The van der Waals surface area contributed by atoms with Gasteiger partial charge in [0.15, 0.2) is 36.1 Å². The fourth-order valence-electron chi connectivity index (χ4n) is 6.38. The van der Waals surface area contributed by atoms with E-state index in [0.717, 1.165) is 21.5 Å². The van der Waals surface area contributed by atoms with E-state index in [4.69, 9.17) is 40.3 Å². The quantitative estimate of drug-likeness (QED) is 0.0780. The number of aliphatic hydroxyl groups is 3. The molecule has 7 N–H and O–H groups in total. The van der Waals surface area contributed by atoms with Crippen LogP contribution in [0.15, 0.2) is 125 Å². The lowest BCUT2D eigenvalue weighted by atomic mass is 10.1. The molecule has 5 aromatic rings. The van der Waals surface area contributed by atoms with Gasteiger partial charge in [0.1, 0.15) is 31.0 Å². The summed E-state index contributed by atoms with van der Waals surface area (Å²) in [5.41, 5.74) is 8.08. The van der Waals surface area contributed by atoms with Crippen molar-refractivity contribution >= 4 is 29.7 Å². The molecule has 2 aliphatic rings. The largest absolute Gasteiger partial charge is 0.459 e. The molecule has 2 saturated heterocycles. The van der Waals surface area contributed by atoms with Crippen LogP contribution >= 0.6 is 0 Å². The summed E-state index contributed by atoms with van der Waals surface area (Å²) in [4.78, 5) is 94.4. The van der Waals surface area contributed by atoms with E-state index in [9.17, 15) is 43.8 Å². The van der Waals surface area contributed by atoms with E-state index < -0.39 is 115 Å². The van der Waals surface area contributed by atoms with E-state index >= 15 is 0 Å². The molecule has 21 nitrogen and oxygen atoms in total. The van der Waals surface area contributed by atoms with Gasteiger partial charge >= 0.3 is 17.9 Å². The van der Waals surface area contributed by atoms with Gasteiger partial charge in [-0.2, -0.15) is 0 Å². The van der Waals surface area contributed by atoms with Crippen LogP contribution in [0.1, 0.15) is 64.5 Å². The number of ether oxygens (including phenoxy) is 5. The van der Waals surface area contributed by atoms with Gasteiger partial charge < -0.3 is 50.5 Å². The monoisotopic (exact) mass is 854 g/mol. The zero-order valence-corrected chi connectivity index (χ0v) is 32.2. The van der Waals surface area contributed by atoms with Gasteiger partial charge in [0.25, 0.3) is 22.9 Å². The lowest BCUT2D eigenvalue weighted by molar-refractivity contribution is -0.0636. The molecule has 1 unspecified atom stereocenters. The summed E-state index contributed by atoms with van der Waals surface area (Å²) in [6, 6.07) is 24.2. The van der Waals surface area contributed by atoms with Crippen molar-refractivity contribution in [3.63, 3.8) is 0 Å². The summed E-state index contributed by atoms with van der Waals surface area (Å²) >= 11 is 0. The van der Waals surface area contributed by atoms with Gasteiger partial charge in [0.2, 0.25) is 0 Å². The third-order valence-corrected chi connectivity index (χ3v) is 9.45. The Morgan fingerprint density at radius 3 is 1.45 bits per heavy atom. The second-order valence-corrected chi connectivity index (χ2v) is 13.4. The first kappa shape index (κ1) is 44.1. The lowest BCUT2D eigenvalue weighted by Gasteiger charge is -2.25. The predicted molar refractivity (Wildman–Crippen MR) is 209 cm³/mol. The number of carbonyl (C=O) groups excluding carboxylic acids is 5. The Morgan fingerprint density at radius 2 is 1.02 bits per heavy atom. The van der Waals surface area contributed by atoms with Crippen LogP contribution in [-0.4, -0.2) is 114 Å². The van der Waals surface area contributed by atoms with Crippen molar-refractivity contribution in [2.75, 3.05) is 13.2 Å². The van der Waals surface area contributed by atoms with Gasteiger partial charge in [-0.25, -0.2) is 24.4 Å². The number of nitrogens with two attached hydrogens (primary N) is 2. The Bertz CT molecular complexity index is 2520. The van der Waals surface area contributed by atoms with E-state index in [0.29, 0.717) is 0 Å². The number of carbonyl (C=O) groups is 5. The minimum absolute atomic E-state index is 0.174. The summed E-state index contributed by atoms with van der Waals surface area (Å²) in [5.74, 6) is -4.37. The maximum atomic E-state index is 13.2. The lowest BCUT2D eigenvalue weighted by Crippen LogP contribution is -2.43. The van der Waals surface area contributed by atoms with Crippen LogP contribution in [0.3, 0.4) is 0 Å². The van der Waals surface area contributed by atoms with E-state index in [1.54, 1.807) is 66.7 Å². The van der Waals surface area contributed by atoms with Crippen molar-refractivity contribution in [2.45, 2.75) is 49.1 Å². The molecule has 7 rings (SSSR count). The molecular weight excluding hydrogens is 816 g/mol. The first-order chi connectivity index (χ1) is 29.8. The fourth-order valence-corrected chi connectivity index (χ4v) is 6.38. The van der Waals surface area contributed by atoms with E-state index in [-0.39, 0.29) is 16.7 Å². The van der Waals surface area contributed by atoms with E-state index in [2.05, 4.69) is 9.97 Å². The third kappa shape index (κ3) is 9.78. The molecule has 62 heavy (non-hydrogen) atoms. The van der Waals surface area contributed by atoms with Crippen molar-refractivity contribution < 1.29 is 63.0 Å². The van der Waals surface area contributed by atoms with Crippen LogP contribution in [0.4, 0.5) is 0 Å². The molecule has 21 heteroatoms. The van der Waals surface area contributed by atoms with Gasteiger partial charge in [0.05, 0.1) is 23.3 Å². The molecule has 8 atom stereocenters. The average Bonchev–Trinajstić information content (AvgIpc) is 3.77. The molecule has 0 aliphatic carbocycles. The van der Waals surface area contributed by atoms with Gasteiger partial charge in [-0.05, 0) is 36.4 Å². The molecule has 2 aliphatic heterocycles. The topological polar surface area (TPSA) is 314 Å². The Labute approximate surface area is 349 Å². The Hall–Kier alpha value is -7.43. The van der Waals surface area contributed by atoms with Crippen LogP contribution < -0.4 is 22.6 Å². The average molecular weight is 855 g/mol. The van der Waals surface area contributed by atoms with Crippen LogP contribution in [0, 0.1) is 0 Å². The zero-order chi connectivity index (χ0) is 44.5. The van der Waals surface area contributed by atoms with Crippen LogP contribution in [0.25, 0.3) is 0 Å². The number of esters is 3. The first-order valence-corrected chi connectivity index (χ1v) is 18.6. The van der Waals surface area contributed by atoms with Crippen molar-refractivity contribution in [3.8, 4) is 0 Å². The SMILES string of the molecule is NC(=O)c1nccn([C@@H]2O[C@H](CO)[C@@H](O)[C@H]2O)c1=O.NC(=O)c1nccn([C@@H]2O[C@H](COC(=O)c3ccccc3)[C@@H](OC(=O)c3ccccc3)C2OC(=O)c2ccccc2)c1=O. The highest BCUT2D eigenvalue weighted by Gasteiger charge is 2.52. The van der Waals surface area contributed by atoms with Crippen molar-refractivity contribution in [1.29, 1.82) is 0 Å². The highest BCUT2D eigenvalue weighted by molar-refractivity contribution is 5.92. The standard InChI is InChI=1S/C31H25N3O9.C10H13N3O6/c32-26(35)23-27(36)34(17-16-33-23)28-25(43-31(39)21-14-8-3-9-15-21)24(42-30(38)20-12-6-2-7-13-20)22(41-28)18-40-29(37)19-10-4-1-5-11-19;11-8(17)5-9(18)13(2-1-12-5)10-7(16)6(15)4(3-14)19-10/h1-17,22,24-25,28H,18H2,(H2,32,35);1-2,4,6-7,10,14-16H,3H2,(H2,11,17)/t22-,24-,25?,28-;4-,6-,7-,10-/m11/s1. The van der Waals surface area contributed by atoms with Crippen molar-refractivity contribution in [2.24, 2.45) is 11.5 Å². The molecule has 2 aromatic heterocycles. The second-order valence-electron chi connectivity index (χ2n) is 13.4. The number of aliphatic hydroxyl groups excluding tert-OH is 3. The molecule has 0 saturated carbocycles. The van der Waals surface area contributed by atoms with Crippen LogP contribution in [-0.2, 0) is 23.7 Å². The Kier molecular flexibility index (Phi) is 14.1. The summed E-state index contributed by atoms with van der Waals surface area (Å²) in [5, 5.41) is 28.3. The first-order valence-electron chi connectivity index (χ1n) is 18.6. The molecule has 4 heterocycles. The number of aromatic nitrogens is 4. The Morgan fingerprint density at radius 1 is 0.597 bits per heavy atom. The summed E-state index contributed by atoms with van der Waals surface area (Å²) in [6.07, 6.45) is -5.76. The normalized spacial score (nSPS) is 22.7. The molecule has 2 fully saturated rings. The van der Waals surface area contributed by atoms with Crippen LogP contribution in [0.5, 0.6) is 0 Å². The molecule has 2 amide bonds. The minimum atomic E-state index is -1.44. The number of amides is 2. The second kappa shape index (κ2) is 19.8. The molecule has 0 bridgehead atoms. The maximum Gasteiger partial charge on any atom is 0.338 e. The zero-order valence-electron chi connectivity index (χ0n) is 32.2. The van der Waals surface area contributed by atoms with Crippen molar-refractivity contribution in [3.05, 3.63) is 165 Å². The summed E-state index contributed by atoms with van der Waals surface area (Å²) < 4.78 is 30.2. The van der Waals surface area contributed by atoms with Crippen molar-refractivity contribution in [1.82, 2.24) is 19.1 Å². The smallest absolute Gasteiger partial charge is 0.338 e. The molecule has 322 valence electrons. The molecule has 0 spiro atoms. The third-order valence-electron chi connectivity index (χ3n) is 9.45. The van der Waals surface area contributed by atoms with Gasteiger partial charge in [-0.1, -0.05) is 54.6 Å². The Balaban J connectivity index is 0.000000281. The predicted octanol–water partition coefficient (Wildman–Crippen LogP) is -0.498. The molecule has 0 radical (unpaired) electrons. The maximum absolute atomic E-state index is 13.2. The fraction of sp³-hybridized carbons (Fsp3) is 0.244. The number of hydrogen-bond donors (Lipinski definition) is 5. The van der Waals surface area contributed by atoms with Gasteiger partial charge in [0, 0.05) is 24.8 Å². The number of rotatable bonds is 12. The number of primary amides is 2. The number of benzene rings is 3. The summed E-state index contributed by atoms with van der Waals surface area (Å²) in [7, 11) is 0.